The molecule has 1 amide bonds. The fourth-order valence-electron chi connectivity index (χ4n) is 2.44. The summed E-state index contributed by atoms with van der Waals surface area (Å²) < 4.78 is 6.65. The SMILES string of the molecule is C=CCc1cc(/C=C(/C#N)C(=O)Nc2cccc(Br)c2)cc(Br)c1OCC(=O)O. The zero-order chi connectivity index (χ0) is 21.4. The Kier molecular flexibility index (Phi) is 8.19. The van der Waals surface area contributed by atoms with Crippen molar-refractivity contribution in [2.24, 2.45) is 0 Å². The molecule has 0 aliphatic carbocycles. The van der Waals surface area contributed by atoms with Crippen molar-refractivity contribution < 1.29 is 19.4 Å². The summed E-state index contributed by atoms with van der Waals surface area (Å²) in [6.45, 7) is 3.20. The molecule has 0 saturated carbocycles. The van der Waals surface area contributed by atoms with Crippen molar-refractivity contribution in [3.05, 3.63) is 74.7 Å². The molecule has 2 rings (SSSR count). The number of rotatable bonds is 8. The zero-order valence-electron chi connectivity index (χ0n) is 15.1. The van der Waals surface area contributed by atoms with Crippen molar-refractivity contribution in [2.45, 2.75) is 6.42 Å². The summed E-state index contributed by atoms with van der Waals surface area (Å²) in [6.07, 6.45) is 3.51. The van der Waals surface area contributed by atoms with E-state index in [1.165, 1.54) is 6.08 Å². The molecule has 0 heterocycles. The van der Waals surface area contributed by atoms with Gasteiger partial charge in [-0.15, -0.1) is 6.58 Å². The second-order valence-electron chi connectivity index (χ2n) is 5.80. The summed E-state index contributed by atoms with van der Waals surface area (Å²) in [6, 6.07) is 12.3. The quantitative estimate of drug-likeness (QED) is 0.292. The number of ether oxygens (including phenoxy) is 1. The van der Waals surface area contributed by atoms with Gasteiger partial charge in [-0.2, -0.15) is 5.26 Å². The van der Waals surface area contributed by atoms with Crippen LogP contribution in [0.4, 0.5) is 5.69 Å². The maximum atomic E-state index is 12.5. The van der Waals surface area contributed by atoms with Crippen LogP contribution in [-0.4, -0.2) is 23.6 Å². The highest BCUT2D eigenvalue weighted by Crippen LogP contribution is 2.32. The first-order valence-corrected chi connectivity index (χ1v) is 9.89. The third kappa shape index (κ3) is 6.59. The number of nitrogens with zero attached hydrogens (tertiary/aromatic N) is 1. The summed E-state index contributed by atoms with van der Waals surface area (Å²) in [7, 11) is 0. The van der Waals surface area contributed by atoms with Crippen molar-refractivity contribution in [3.8, 4) is 11.8 Å². The Balaban J connectivity index is 2.34. The van der Waals surface area contributed by atoms with E-state index >= 15 is 0 Å². The maximum Gasteiger partial charge on any atom is 0.341 e. The monoisotopic (exact) mass is 518 g/mol. The lowest BCUT2D eigenvalue weighted by Crippen LogP contribution is -2.13. The molecule has 0 saturated heterocycles. The first-order chi connectivity index (χ1) is 13.8. The number of nitrogens with one attached hydrogen (secondary N) is 1. The molecule has 148 valence electrons. The Morgan fingerprint density at radius 2 is 2.03 bits per heavy atom. The molecule has 2 N–H and O–H groups in total. The molecule has 2 aromatic carbocycles. The van der Waals surface area contributed by atoms with E-state index in [1.807, 2.05) is 12.1 Å². The van der Waals surface area contributed by atoms with E-state index in [4.69, 9.17) is 9.84 Å². The zero-order valence-corrected chi connectivity index (χ0v) is 18.3. The smallest absolute Gasteiger partial charge is 0.341 e. The number of hydrogen-bond acceptors (Lipinski definition) is 4. The predicted octanol–water partition coefficient (Wildman–Crippen LogP) is 4.95. The number of carboxylic acid groups (broad SMARTS) is 1. The van der Waals surface area contributed by atoms with Crippen LogP contribution in [0.3, 0.4) is 0 Å². The van der Waals surface area contributed by atoms with Crippen LogP contribution in [0.2, 0.25) is 0 Å². The van der Waals surface area contributed by atoms with Crippen molar-refractivity contribution in [2.75, 3.05) is 11.9 Å². The number of hydrogen-bond donors (Lipinski definition) is 2. The third-order valence-corrected chi connectivity index (χ3v) is 4.69. The number of anilines is 1. The number of allylic oxidation sites excluding steroid dienone is 1. The van der Waals surface area contributed by atoms with E-state index in [-0.39, 0.29) is 5.57 Å². The molecular formula is C21H16Br2N2O4. The minimum Gasteiger partial charge on any atom is -0.480 e. The third-order valence-electron chi connectivity index (χ3n) is 3.61. The molecule has 29 heavy (non-hydrogen) atoms. The van der Waals surface area contributed by atoms with E-state index in [0.29, 0.717) is 33.5 Å². The van der Waals surface area contributed by atoms with E-state index in [0.717, 1.165) is 4.47 Å². The Labute approximate surface area is 184 Å². The number of benzene rings is 2. The van der Waals surface area contributed by atoms with Crippen molar-refractivity contribution in [1.82, 2.24) is 0 Å². The lowest BCUT2D eigenvalue weighted by molar-refractivity contribution is -0.139. The van der Waals surface area contributed by atoms with Gasteiger partial charge in [-0.05, 0) is 69.9 Å². The highest BCUT2D eigenvalue weighted by atomic mass is 79.9. The highest BCUT2D eigenvalue weighted by molar-refractivity contribution is 9.10. The Morgan fingerprint density at radius 3 is 2.66 bits per heavy atom. The van der Waals surface area contributed by atoms with Gasteiger partial charge in [0.25, 0.3) is 5.91 Å². The molecule has 6 nitrogen and oxygen atoms in total. The molecule has 0 atom stereocenters. The summed E-state index contributed by atoms with van der Waals surface area (Å²) >= 11 is 6.68. The molecule has 0 aliphatic rings. The van der Waals surface area contributed by atoms with Crippen LogP contribution < -0.4 is 10.1 Å². The summed E-state index contributed by atoms with van der Waals surface area (Å²) in [5, 5.41) is 20.9. The largest absolute Gasteiger partial charge is 0.480 e. The van der Waals surface area contributed by atoms with Gasteiger partial charge in [0, 0.05) is 10.2 Å². The molecule has 0 fully saturated rings. The fraction of sp³-hybridized carbons (Fsp3) is 0.0952. The topological polar surface area (TPSA) is 99.4 Å². The molecular weight excluding hydrogens is 504 g/mol. The van der Waals surface area contributed by atoms with Crippen LogP contribution in [0, 0.1) is 11.3 Å². The minimum atomic E-state index is -1.10. The second-order valence-corrected chi connectivity index (χ2v) is 7.57. The van der Waals surface area contributed by atoms with Crippen molar-refractivity contribution in [1.29, 1.82) is 5.26 Å². The summed E-state index contributed by atoms with van der Waals surface area (Å²) in [4.78, 5) is 23.3. The number of carboxylic acids is 1. The van der Waals surface area contributed by atoms with Gasteiger partial charge in [-0.3, -0.25) is 4.79 Å². The summed E-state index contributed by atoms with van der Waals surface area (Å²) in [5.74, 6) is -1.26. The van der Waals surface area contributed by atoms with Crippen LogP contribution >= 0.6 is 31.9 Å². The standard InChI is InChI=1S/C21H16Br2N2O4/c1-2-4-14-7-13(9-18(23)20(14)29-12-19(26)27)8-15(11-24)21(28)25-17-6-3-5-16(22)10-17/h2-3,5-10H,1,4,12H2,(H,25,28)(H,26,27)/b15-8-. The lowest BCUT2D eigenvalue weighted by atomic mass is 10.0. The predicted molar refractivity (Wildman–Crippen MR) is 118 cm³/mol. The van der Waals surface area contributed by atoms with Gasteiger partial charge in [0.05, 0.1) is 4.47 Å². The second kappa shape index (κ2) is 10.6. The number of amides is 1. The Morgan fingerprint density at radius 1 is 1.28 bits per heavy atom. The minimum absolute atomic E-state index is 0.0827. The number of nitriles is 1. The number of carbonyl (C=O) groups excluding carboxylic acids is 1. The Hall–Kier alpha value is -2.89. The first-order valence-electron chi connectivity index (χ1n) is 8.30. The van der Waals surface area contributed by atoms with Gasteiger partial charge in [-0.25, -0.2) is 4.79 Å². The number of carbonyl (C=O) groups is 2. The first kappa shape index (κ1) is 22.4. The van der Waals surface area contributed by atoms with E-state index in [1.54, 1.807) is 36.4 Å². The molecule has 0 radical (unpaired) electrons. The van der Waals surface area contributed by atoms with E-state index in [2.05, 4.69) is 43.8 Å². The maximum absolute atomic E-state index is 12.5. The van der Waals surface area contributed by atoms with Gasteiger partial charge < -0.3 is 15.2 Å². The average molecular weight is 520 g/mol. The van der Waals surface area contributed by atoms with E-state index < -0.39 is 18.5 Å². The van der Waals surface area contributed by atoms with Crippen molar-refractivity contribution in [3.63, 3.8) is 0 Å². The Bertz CT molecular complexity index is 1030. The fourth-order valence-corrected chi connectivity index (χ4v) is 3.47. The van der Waals surface area contributed by atoms with Gasteiger partial charge in [0.1, 0.15) is 17.4 Å². The van der Waals surface area contributed by atoms with E-state index in [9.17, 15) is 14.9 Å². The van der Waals surface area contributed by atoms with Gasteiger partial charge in [0.15, 0.2) is 6.61 Å². The molecule has 0 spiro atoms. The van der Waals surface area contributed by atoms with Crippen LogP contribution in [-0.2, 0) is 16.0 Å². The molecule has 0 aliphatic heterocycles. The summed E-state index contributed by atoms with van der Waals surface area (Å²) in [5.41, 5.74) is 1.72. The van der Waals surface area contributed by atoms with Crippen LogP contribution in [0.25, 0.3) is 6.08 Å². The molecule has 0 bridgehead atoms. The average Bonchev–Trinajstić information content (AvgIpc) is 2.65. The number of aliphatic carboxylic acids is 1. The van der Waals surface area contributed by atoms with Crippen LogP contribution in [0.5, 0.6) is 5.75 Å². The number of halogens is 2. The normalized spacial score (nSPS) is 10.7. The van der Waals surface area contributed by atoms with Crippen LogP contribution in [0.15, 0.2) is 63.6 Å². The van der Waals surface area contributed by atoms with Gasteiger partial charge in [-0.1, -0.05) is 28.1 Å². The molecule has 0 unspecified atom stereocenters. The highest BCUT2D eigenvalue weighted by Gasteiger charge is 2.14. The molecule has 0 aromatic heterocycles. The molecule has 8 heteroatoms. The lowest BCUT2D eigenvalue weighted by Gasteiger charge is -2.13. The van der Waals surface area contributed by atoms with Gasteiger partial charge >= 0.3 is 5.97 Å². The van der Waals surface area contributed by atoms with Gasteiger partial charge in [0.2, 0.25) is 0 Å². The molecule has 2 aromatic rings. The van der Waals surface area contributed by atoms with Crippen LogP contribution in [0.1, 0.15) is 11.1 Å². The van der Waals surface area contributed by atoms with Crippen molar-refractivity contribution >= 4 is 55.5 Å².